The molecule has 0 bridgehead atoms. The Labute approximate surface area is 56.1 Å². The van der Waals surface area contributed by atoms with E-state index >= 15 is 0 Å². The van der Waals surface area contributed by atoms with E-state index < -0.39 is 0 Å². The first-order chi connectivity index (χ1) is 4.34. The van der Waals surface area contributed by atoms with Crippen molar-refractivity contribution in [2.75, 3.05) is 13.1 Å². The highest BCUT2D eigenvalue weighted by atomic mass is 14.9. The summed E-state index contributed by atoms with van der Waals surface area (Å²) in [4.78, 5) is 0. The number of nitrogens with two attached hydrogens (primary N) is 1. The van der Waals surface area contributed by atoms with E-state index in [1.807, 2.05) is 6.08 Å². The van der Waals surface area contributed by atoms with E-state index in [9.17, 15) is 0 Å². The van der Waals surface area contributed by atoms with Crippen LogP contribution < -0.4 is 11.1 Å². The SMILES string of the molecule is C=CC(N)[C@H]1CCNC1. The lowest BCUT2D eigenvalue weighted by Crippen LogP contribution is -2.29. The third kappa shape index (κ3) is 1.53. The second-order valence-corrected chi connectivity index (χ2v) is 2.57. The van der Waals surface area contributed by atoms with Crippen LogP contribution in [0.2, 0.25) is 0 Å². The Balaban J connectivity index is 2.32. The molecule has 0 saturated carbocycles. The first-order valence-electron chi connectivity index (χ1n) is 3.43. The number of hydrogen-bond acceptors (Lipinski definition) is 2. The largest absolute Gasteiger partial charge is 0.324 e. The Hall–Kier alpha value is -0.340. The summed E-state index contributed by atoms with van der Waals surface area (Å²) in [6.45, 7) is 5.83. The van der Waals surface area contributed by atoms with Crippen molar-refractivity contribution in [3.63, 3.8) is 0 Å². The van der Waals surface area contributed by atoms with Crippen LogP contribution in [0, 0.1) is 5.92 Å². The van der Waals surface area contributed by atoms with Gasteiger partial charge in [0.25, 0.3) is 0 Å². The Bertz CT molecular complexity index is 95.1. The van der Waals surface area contributed by atoms with E-state index in [0.717, 1.165) is 13.1 Å². The molecular weight excluding hydrogens is 112 g/mol. The van der Waals surface area contributed by atoms with Crippen LogP contribution >= 0.6 is 0 Å². The van der Waals surface area contributed by atoms with Gasteiger partial charge in [-0.1, -0.05) is 6.08 Å². The molecule has 0 aliphatic carbocycles. The zero-order chi connectivity index (χ0) is 6.69. The van der Waals surface area contributed by atoms with Crippen LogP contribution in [0.3, 0.4) is 0 Å². The molecule has 1 aliphatic rings. The molecule has 1 heterocycles. The van der Waals surface area contributed by atoms with E-state index in [1.54, 1.807) is 0 Å². The summed E-state index contributed by atoms with van der Waals surface area (Å²) in [5.74, 6) is 0.627. The fourth-order valence-electron chi connectivity index (χ4n) is 1.20. The molecule has 0 aromatic heterocycles. The van der Waals surface area contributed by atoms with Crippen LogP contribution in [0.15, 0.2) is 12.7 Å². The van der Waals surface area contributed by atoms with Crippen molar-refractivity contribution in [3.05, 3.63) is 12.7 Å². The molecule has 0 amide bonds. The maximum absolute atomic E-state index is 5.72. The van der Waals surface area contributed by atoms with Crippen molar-refractivity contribution in [2.45, 2.75) is 12.5 Å². The topological polar surface area (TPSA) is 38.0 Å². The van der Waals surface area contributed by atoms with Crippen molar-refractivity contribution >= 4 is 0 Å². The molecule has 0 aromatic carbocycles. The van der Waals surface area contributed by atoms with E-state index in [1.165, 1.54) is 6.42 Å². The van der Waals surface area contributed by atoms with Gasteiger partial charge < -0.3 is 11.1 Å². The standard InChI is InChI=1S/C7H14N2/c1-2-7(8)6-3-4-9-5-6/h2,6-7,9H,1,3-5,8H2/t6-,7?/m0/s1. The number of nitrogens with one attached hydrogen (secondary N) is 1. The molecule has 1 unspecified atom stereocenters. The summed E-state index contributed by atoms with van der Waals surface area (Å²) in [5.41, 5.74) is 5.72. The molecule has 2 heteroatoms. The van der Waals surface area contributed by atoms with Crippen LogP contribution in [-0.4, -0.2) is 19.1 Å². The molecule has 0 aromatic rings. The average Bonchev–Trinajstić information content (AvgIpc) is 2.37. The molecule has 1 aliphatic heterocycles. The van der Waals surface area contributed by atoms with Crippen LogP contribution in [0.25, 0.3) is 0 Å². The van der Waals surface area contributed by atoms with Crippen LogP contribution in [-0.2, 0) is 0 Å². The third-order valence-electron chi connectivity index (χ3n) is 1.91. The molecule has 9 heavy (non-hydrogen) atoms. The normalized spacial score (nSPS) is 30.1. The van der Waals surface area contributed by atoms with Gasteiger partial charge in [0.15, 0.2) is 0 Å². The van der Waals surface area contributed by atoms with Crippen molar-refractivity contribution < 1.29 is 0 Å². The summed E-state index contributed by atoms with van der Waals surface area (Å²) in [6.07, 6.45) is 3.03. The van der Waals surface area contributed by atoms with Crippen LogP contribution in [0.1, 0.15) is 6.42 Å². The van der Waals surface area contributed by atoms with Gasteiger partial charge in [0.1, 0.15) is 0 Å². The minimum absolute atomic E-state index is 0.194. The van der Waals surface area contributed by atoms with E-state index in [4.69, 9.17) is 5.73 Å². The second-order valence-electron chi connectivity index (χ2n) is 2.57. The fourth-order valence-corrected chi connectivity index (χ4v) is 1.20. The van der Waals surface area contributed by atoms with Crippen molar-refractivity contribution in [3.8, 4) is 0 Å². The Morgan fingerprint density at radius 1 is 1.78 bits per heavy atom. The van der Waals surface area contributed by atoms with Gasteiger partial charge in [-0.25, -0.2) is 0 Å². The molecule has 0 radical (unpaired) electrons. The highest BCUT2D eigenvalue weighted by molar-refractivity contribution is 4.91. The zero-order valence-electron chi connectivity index (χ0n) is 5.64. The predicted molar refractivity (Wildman–Crippen MR) is 39.1 cm³/mol. The molecule has 1 rings (SSSR count). The molecule has 52 valence electrons. The molecule has 3 N–H and O–H groups in total. The number of rotatable bonds is 2. The van der Waals surface area contributed by atoms with Crippen molar-refractivity contribution in [1.82, 2.24) is 5.32 Å². The Morgan fingerprint density at radius 3 is 3.00 bits per heavy atom. The Morgan fingerprint density at radius 2 is 2.56 bits per heavy atom. The van der Waals surface area contributed by atoms with Gasteiger partial charge in [-0.3, -0.25) is 0 Å². The molecule has 1 saturated heterocycles. The van der Waals surface area contributed by atoms with Crippen LogP contribution in [0.5, 0.6) is 0 Å². The maximum Gasteiger partial charge on any atom is 0.0262 e. The monoisotopic (exact) mass is 126 g/mol. The summed E-state index contributed by atoms with van der Waals surface area (Å²) in [6, 6.07) is 0.194. The van der Waals surface area contributed by atoms with Crippen molar-refractivity contribution in [2.24, 2.45) is 11.7 Å². The van der Waals surface area contributed by atoms with Gasteiger partial charge in [-0.2, -0.15) is 0 Å². The van der Waals surface area contributed by atoms with E-state index in [-0.39, 0.29) is 6.04 Å². The van der Waals surface area contributed by atoms with Gasteiger partial charge in [0, 0.05) is 6.04 Å². The first-order valence-corrected chi connectivity index (χ1v) is 3.43. The highest BCUT2D eigenvalue weighted by Crippen LogP contribution is 2.10. The summed E-state index contributed by atoms with van der Waals surface area (Å²) < 4.78 is 0. The average molecular weight is 126 g/mol. The van der Waals surface area contributed by atoms with Crippen molar-refractivity contribution in [1.29, 1.82) is 0 Å². The van der Waals surface area contributed by atoms with Gasteiger partial charge in [-0.15, -0.1) is 6.58 Å². The molecular formula is C7H14N2. The van der Waals surface area contributed by atoms with E-state index in [0.29, 0.717) is 5.92 Å². The lowest BCUT2D eigenvalue weighted by atomic mass is 10.0. The van der Waals surface area contributed by atoms with Crippen LogP contribution in [0.4, 0.5) is 0 Å². The smallest absolute Gasteiger partial charge is 0.0262 e. The minimum atomic E-state index is 0.194. The van der Waals surface area contributed by atoms with Gasteiger partial charge in [0.2, 0.25) is 0 Å². The van der Waals surface area contributed by atoms with Gasteiger partial charge in [-0.05, 0) is 25.4 Å². The predicted octanol–water partition coefficient (Wildman–Crippen LogP) is 0.109. The zero-order valence-corrected chi connectivity index (χ0v) is 5.64. The molecule has 1 fully saturated rings. The summed E-state index contributed by atoms with van der Waals surface area (Å²) in [5, 5.41) is 3.26. The molecule has 0 spiro atoms. The second kappa shape index (κ2) is 2.99. The Kier molecular flexibility index (Phi) is 2.25. The first kappa shape index (κ1) is 6.78. The highest BCUT2D eigenvalue weighted by Gasteiger charge is 2.18. The lowest BCUT2D eigenvalue weighted by molar-refractivity contribution is 0.519. The summed E-state index contributed by atoms with van der Waals surface area (Å²) >= 11 is 0. The van der Waals surface area contributed by atoms with Gasteiger partial charge >= 0.3 is 0 Å². The molecule has 2 atom stereocenters. The lowest BCUT2D eigenvalue weighted by Gasteiger charge is -2.12. The fraction of sp³-hybridized carbons (Fsp3) is 0.714. The van der Waals surface area contributed by atoms with Gasteiger partial charge in [0.05, 0.1) is 0 Å². The quantitative estimate of drug-likeness (QED) is 0.515. The molecule has 2 nitrogen and oxygen atoms in total. The minimum Gasteiger partial charge on any atom is -0.324 e. The maximum atomic E-state index is 5.72. The summed E-state index contributed by atoms with van der Waals surface area (Å²) in [7, 11) is 0. The number of hydrogen-bond donors (Lipinski definition) is 2. The third-order valence-corrected chi connectivity index (χ3v) is 1.91. The van der Waals surface area contributed by atoms with E-state index in [2.05, 4.69) is 11.9 Å².